The molecule has 2 atom stereocenters. The standard InChI is InChI=1S/C17H25N3O/c1-2-18-17(21)20-12-15-8-9-16(13-20)19(11-15)10-14-6-4-3-5-7-14/h3-7,15-16H,2,8-13H2,1H3,(H,18,21)/t15-,16-/m0/s1. The Labute approximate surface area is 127 Å². The molecule has 21 heavy (non-hydrogen) atoms. The molecule has 0 saturated carbocycles. The Morgan fingerprint density at radius 1 is 1.19 bits per heavy atom. The summed E-state index contributed by atoms with van der Waals surface area (Å²) in [6, 6.07) is 11.3. The van der Waals surface area contributed by atoms with E-state index < -0.39 is 0 Å². The Morgan fingerprint density at radius 3 is 2.76 bits per heavy atom. The minimum Gasteiger partial charge on any atom is -0.338 e. The Bertz CT molecular complexity index is 476. The Kier molecular flexibility index (Phi) is 4.44. The number of urea groups is 1. The summed E-state index contributed by atoms with van der Waals surface area (Å²) in [6.07, 6.45) is 2.47. The molecule has 3 saturated heterocycles. The summed E-state index contributed by atoms with van der Waals surface area (Å²) in [5.41, 5.74) is 1.37. The molecular weight excluding hydrogens is 262 g/mol. The lowest BCUT2D eigenvalue weighted by atomic mass is 9.94. The van der Waals surface area contributed by atoms with Crippen LogP contribution in [0.4, 0.5) is 4.79 Å². The molecule has 114 valence electrons. The smallest absolute Gasteiger partial charge is 0.317 e. The molecule has 4 heteroatoms. The molecule has 3 fully saturated rings. The zero-order valence-electron chi connectivity index (χ0n) is 12.8. The van der Waals surface area contributed by atoms with Crippen LogP contribution in [0.1, 0.15) is 25.3 Å². The highest BCUT2D eigenvalue weighted by Crippen LogP contribution is 2.29. The molecule has 1 N–H and O–H groups in total. The topological polar surface area (TPSA) is 35.6 Å². The van der Waals surface area contributed by atoms with E-state index in [1.807, 2.05) is 11.8 Å². The summed E-state index contributed by atoms with van der Waals surface area (Å²) in [7, 11) is 0. The number of piperidine rings is 1. The van der Waals surface area contributed by atoms with E-state index in [1.54, 1.807) is 0 Å². The van der Waals surface area contributed by atoms with Crippen LogP contribution in [0.25, 0.3) is 0 Å². The van der Waals surface area contributed by atoms with Gasteiger partial charge in [-0.25, -0.2) is 4.79 Å². The third kappa shape index (κ3) is 3.38. The van der Waals surface area contributed by atoms with Gasteiger partial charge < -0.3 is 10.2 Å². The highest BCUT2D eigenvalue weighted by Gasteiger charge is 2.36. The lowest BCUT2D eigenvalue weighted by Gasteiger charge is -2.36. The van der Waals surface area contributed by atoms with Gasteiger partial charge in [0.15, 0.2) is 0 Å². The maximum absolute atomic E-state index is 12.1. The van der Waals surface area contributed by atoms with Crippen LogP contribution < -0.4 is 5.32 Å². The highest BCUT2D eigenvalue weighted by atomic mass is 16.2. The van der Waals surface area contributed by atoms with Crippen LogP contribution in [0.2, 0.25) is 0 Å². The number of rotatable bonds is 3. The maximum atomic E-state index is 12.1. The number of nitrogens with zero attached hydrogens (tertiary/aromatic N) is 2. The lowest BCUT2D eigenvalue weighted by molar-refractivity contribution is 0.124. The summed E-state index contributed by atoms with van der Waals surface area (Å²) in [5, 5.41) is 2.94. The number of hydrogen-bond donors (Lipinski definition) is 1. The van der Waals surface area contributed by atoms with Crippen LogP contribution in [-0.4, -0.2) is 48.1 Å². The molecule has 3 aliphatic rings. The molecule has 3 aliphatic heterocycles. The van der Waals surface area contributed by atoms with Gasteiger partial charge in [0.05, 0.1) is 0 Å². The van der Waals surface area contributed by atoms with Crippen molar-refractivity contribution in [2.75, 3.05) is 26.2 Å². The van der Waals surface area contributed by atoms with E-state index in [0.29, 0.717) is 18.5 Å². The molecule has 1 aromatic rings. The predicted octanol–water partition coefficient (Wildman–Crippen LogP) is 2.31. The van der Waals surface area contributed by atoms with Crippen molar-refractivity contribution in [3.8, 4) is 0 Å². The lowest BCUT2D eigenvalue weighted by Crippen LogP contribution is -2.45. The number of hydrogen-bond acceptors (Lipinski definition) is 2. The number of fused-ring (bicyclic) bond motifs is 4. The van der Waals surface area contributed by atoms with Gasteiger partial charge in [-0.05, 0) is 31.2 Å². The van der Waals surface area contributed by atoms with Crippen molar-refractivity contribution in [1.29, 1.82) is 0 Å². The second-order valence-electron chi connectivity index (χ2n) is 6.25. The Hall–Kier alpha value is -1.55. The molecule has 0 aromatic heterocycles. The molecule has 0 spiro atoms. The minimum absolute atomic E-state index is 0.107. The first-order chi connectivity index (χ1) is 10.3. The van der Waals surface area contributed by atoms with Gasteiger partial charge in [0.1, 0.15) is 0 Å². The monoisotopic (exact) mass is 287 g/mol. The van der Waals surface area contributed by atoms with Gasteiger partial charge in [0, 0.05) is 38.8 Å². The summed E-state index contributed by atoms with van der Waals surface area (Å²) in [4.78, 5) is 16.7. The summed E-state index contributed by atoms with van der Waals surface area (Å²) in [5.74, 6) is 0.620. The Balaban J connectivity index is 1.68. The van der Waals surface area contributed by atoms with E-state index in [9.17, 15) is 4.79 Å². The van der Waals surface area contributed by atoms with Gasteiger partial charge in [-0.2, -0.15) is 0 Å². The van der Waals surface area contributed by atoms with Crippen LogP contribution in [0.15, 0.2) is 30.3 Å². The van der Waals surface area contributed by atoms with Crippen molar-refractivity contribution in [2.45, 2.75) is 32.4 Å². The van der Waals surface area contributed by atoms with Crippen molar-refractivity contribution >= 4 is 6.03 Å². The van der Waals surface area contributed by atoms with Gasteiger partial charge in [0.2, 0.25) is 0 Å². The molecular formula is C17H25N3O. The fraction of sp³-hybridized carbons (Fsp3) is 0.588. The number of benzene rings is 1. The third-order valence-corrected chi connectivity index (χ3v) is 4.67. The number of carbonyl (C=O) groups is 1. The summed E-state index contributed by atoms with van der Waals surface area (Å²) >= 11 is 0. The maximum Gasteiger partial charge on any atom is 0.317 e. The van der Waals surface area contributed by atoms with Gasteiger partial charge in [-0.15, -0.1) is 0 Å². The fourth-order valence-corrected chi connectivity index (χ4v) is 3.62. The van der Waals surface area contributed by atoms with Crippen LogP contribution >= 0.6 is 0 Å². The van der Waals surface area contributed by atoms with Crippen LogP contribution in [0, 0.1) is 5.92 Å². The van der Waals surface area contributed by atoms with Crippen molar-refractivity contribution in [1.82, 2.24) is 15.1 Å². The molecule has 3 heterocycles. The molecule has 0 unspecified atom stereocenters. The minimum atomic E-state index is 0.107. The zero-order valence-corrected chi connectivity index (χ0v) is 12.8. The van der Waals surface area contributed by atoms with Crippen LogP contribution in [0.3, 0.4) is 0 Å². The highest BCUT2D eigenvalue weighted by molar-refractivity contribution is 5.74. The number of amides is 2. The van der Waals surface area contributed by atoms with Gasteiger partial charge in [0.25, 0.3) is 0 Å². The van der Waals surface area contributed by atoms with Crippen molar-refractivity contribution < 1.29 is 4.79 Å². The molecule has 0 aliphatic carbocycles. The fourth-order valence-electron chi connectivity index (χ4n) is 3.62. The SMILES string of the molecule is CCNC(=O)N1C[C@H]2CC[C@@H](C1)N(Cc1ccccc1)C2. The quantitative estimate of drug-likeness (QED) is 0.926. The first-order valence-electron chi connectivity index (χ1n) is 8.07. The van der Waals surface area contributed by atoms with E-state index in [0.717, 1.165) is 26.2 Å². The van der Waals surface area contributed by atoms with Gasteiger partial charge >= 0.3 is 6.03 Å². The molecule has 1 aromatic carbocycles. The van der Waals surface area contributed by atoms with Crippen LogP contribution in [0.5, 0.6) is 0 Å². The van der Waals surface area contributed by atoms with E-state index >= 15 is 0 Å². The number of nitrogens with one attached hydrogen (secondary N) is 1. The predicted molar refractivity (Wildman–Crippen MR) is 84.0 cm³/mol. The number of carbonyl (C=O) groups excluding carboxylic acids is 1. The van der Waals surface area contributed by atoms with E-state index in [4.69, 9.17) is 0 Å². The largest absolute Gasteiger partial charge is 0.338 e. The van der Waals surface area contributed by atoms with E-state index in [2.05, 4.69) is 40.5 Å². The average Bonchev–Trinajstić information content (AvgIpc) is 2.80. The Morgan fingerprint density at radius 2 is 2.00 bits per heavy atom. The average molecular weight is 287 g/mol. The molecule has 0 radical (unpaired) electrons. The zero-order chi connectivity index (χ0) is 14.7. The van der Waals surface area contributed by atoms with Crippen molar-refractivity contribution in [3.63, 3.8) is 0 Å². The third-order valence-electron chi connectivity index (χ3n) is 4.67. The van der Waals surface area contributed by atoms with E-state index in [-0.39, 0.29) is 6.03 Å². The van der Waals surface area contributed by atoms with Crippen LogP contribution in [-0.2, 0) is 6.54 Å². The van der Waals surface area contributed by atoms with Crippen molar-refractivity contribution in [2.24, 2.45) is 5.92 Å². The first-order valence-corrected chi connectivity index (χ1v) is 8.07. The summed E-state index contributed by atoms with van der Waals surface area (Å²) < 4.78 is 0. The summed E-state index contributed by atoms with van der Waals surface area (Å²) in [6.45, 7) is 6.59. The second kappa shape index (κ2) is 6.48. The van der Waals surface area contributed by atoms with Gasteiger partial charge in [-0.1, -0.05) is 30.3 Å². The molecule has 2 bridgehead atoms. The van der Waals surface area contributed by atoms with Gasteiger partial charge in [-0.3, -0.25) is 4.90 Å². The van der Waals surface area contributed by atoms with Crippen molar-refractivity contribution in [3.05, 3.63) is 35.9 Å². The second-order valence-corrected chi connectivity index (χ2v) is 6.25. The normalized spacial score (nSPS) is 25.7. The molecule has 2 amide bonds. The van der Waals surface area contributed by atoms with E-state index in [1.165, 1.54) is 18.4 Å². The molecule has 4 rings (SSSR count). The first kappa shape index (κ1) is 14.4. The molecule has 4 nitrogen and oxygen atoms in total.